The molecule has 0 N–H and O–H groups in total. The van der Waals surface area contributed by atoms with E-state index in [2.05, 4.69) is 4.74 Å². The molecule has 5 nitrogen and oxygen atoms in total. The largest absolute Gasteiger partial charge is 0.504 e. The standard InChI is InChI=1S/C16H20F14O5Si/c1-4-32-36(33-5-2,34-6-3)8-9(7-11(17,18)13(21,22)15(25,26)27)35-10(31)12(19,20)14(23,24)16(28,29)30/h9H,4-8H2,1-3H3. The number of carbonyl (C=O) groups excluding carboxylic acids is 1. The van der Waals surface area contributed by atoms with Crippen LogP contribution >= 0.6 is 0 Å². The Balaban J connectivity index is 6.54. The molecule has 0 aliphatic heterocycles. The fraction of sp³-hybridized carbons (Fsp3) is 0.938. The predicted molar refractivity (Wildman–Crippen MR) is 91.8 cm³/mol. The van der Waals surface area contributed by atoms with Gasteiger partial charge in [0.1, 0.15) is 6.10 Å². The molecule has 0 radical (unpaired) electrons. The predicted octanol–water partition coefficient (Wildman–Crippen LogP) is 6.00. The molecule has 0 saturated heterocycles. The minimum atomic E-state index is -7.14. The highest BCUT2D eigenvalue weighted by atomic mass is 28.4. The van der Waals surface area contributed by atoms with Gasteiger partial charge in [-0.3, -0.25) is 0 Å². The van der Waals surface area contributed by atoms with E-state index in [1.54, 1.807) is 0 Å². The van der Waals surface area contributed by atoms with E-state index in [0.717, 1.165) is 0 Å². The van der Waals surface area contributed by atoms with Gasteiger partial charge >= 0.3 is 50.8 Å². The summed E-state index contributed by atoms with van der Waals surface area (Å²) >= 11 is 0. The van der Waals surface area contributed by atoms with E-state index in [0.29, 0.717) is 0 Å². The number of carbonyl (C=O) groups is 1. The van der Waals surface area contributed by atoms with Crippen LogP contribution in [-0.2, 0) is 22.8 Å². The molecule has 0 saturated carbocycles. The summed E-state index contributed by atoms with van der Waals surface area (Å²) in [6.07, 6.45) is -20.3. The zero-order chi connectivity index (χ0) is 29.0. The van der Waals surface area contributed by atoms with Crippen molar-refractivity contribution in [1.29, 1.82) is 0 Å². The molecule has 0 rings (SSSR count). The zero-order valence-corrected chi connectivity index (χ0v) is 19.4. The fourth-order valence-electron chi connectivity index (χ4n) is 2.55. The summed E-state index contributed by atoms with van der Waals surface area (Å²) in [6.45, 7) is 2.28. The topological polar surface area (TPSA) is 54.0 Å². The quantitative estimate of drug-likeness (QED) is 0.142. The molecule has 1 atom stereocenters. The molecular formula is C16H20F14O5Si. The molecular weight excluding hydrogens is 566 g/mol. The first-order valence-corrected chi connectivity index (χ1v) is 11.6. The molecule has 0 aliphatic rings. The third kappa shape index (κ3) is 7.33. The molecule has 0 aromatic heterocycles. The van der Waals surface area contributed by atoms with E-state index in [-0.39, 0.29) is 0 Å². The van der Waals surface area contributed by atoms with Gasteiger partial charge in [-0.05, 0) is 20.8 Å². The number of hydrogen-bond acceptors (Lipinski definition) is 5. The van der Waals surface area contributed by atoms with Gasteiger partial charge in [0.15, 0.2) is 0 Å². The second-order valence-corrected chi connectivity index (χ2v) is 9.48. The molecule has 216 valence electrons. The summed E-state index contributed by atoms with van der Waals surface area (Å²) in [5.41, 5.74) is 0. The van der Waals surface area contributed by atoms with Crippen LogP contribution in [0.1, 0.15) is 27.2 Å². The maximum Gasteiger partial charge on any atom is 0.504 e. The molecule has 0 fully saturated rings. The first-order chi connectivity index (χ1) is 15.9. The van der Waals surface area contributed by atoms with Crippen LogP contribution in [0.25, 0.3) is 0 Å². The molecule has 0 bridgehead atoms. The number of halogens is 14. The second kappa shape index (κ2) is 11.5. The number of rotatable bonds is 14. The third-order valence-corrected chi connectivity index (χ3v) is 7.29. The van der Waals surface area contributed by atoms with Gasteiger partial charge in [0.05, 0.1) is 12.5 Å². The summed E-state index contributed by atoms with van der Waals surface area (Å²) in [4.78, 5) is 11.5. The van der Waals surface area contributed by atoms with E-state index in [1.165, 1.54) is 20.8 Å². The van der Waals surface area contributed by atoms with E-state index in [4.69, 9.17) is 13.3 Å². The SMILES string of the molecule is CCO[Si](CC(CC(F)(F)C(F)(F)C(F)(F)F)OC(=O)C(F)(F)C(F)(F)C(F)(F)F)(OCC)OCC. The summed E-state index contributed by atoms with van der Waals surface area (Å²) < 4.78 is 201. The minimum Gasteiger partial charge on any atom is -0.458 e. The first kappa shape index (κ1) is 34.6. The average Bonchev–Trinajstić information content (AvgIpc) is 2.66. The fourth-order valence-corrected chi connectivity index (χ4v) is 5.26. The van der Waals surface area contributed by atoms with Crippen molar-refractivity contribution in [3.8, 4) is 0 Å². The van der Waals surface area contributed by atoms with Crippen molar-refractivity contribution in [2.45, 2.75) is 75.4 Å². The highest BCUT2D eigenvalue weighted by molar-refractivity contribution is 6.60. The molecule has 1 unspecified atom stereocenters. The Hall–Kier alpha value is -1.41. The van der Waals surface area contributed by atoms with Crippen molar-refractivity contribution in [3.63, 3.8) is 0 Å². The van der Waals surface area contributed by atoms with Crippen LogP contribution in [0.5, 0.6) is 0 Å². The van der Waals surface area contributed by atoms with Crippen LogP contribution in [0.2, 0.25) is 6.04 Å². The van der Waals surface area contributed by atoms with Crippen molar-refractivity contribution >= 4 is 14.8 Å². The molecule has 36 heavy (non-hydrogen) atoms. The Morgan fingerprint density at radius 3 is 1.33 bits per heavy atom. The Morgan fingerprint density at radius 1 is 0.667 bits per heavy atom. The summed E-state index contributed by atoms with van der Waals surface area (Å²) in [5, 5.41) is 0. The third-order valence-electron chi connectivity index (χ3n) is 4.15. The Bertz CT molecular complexity index is 704. The van der Waals surface area contributed by atoms with Crippen molar-refractivity contribution in [3.05, 3.63) is 0 Å². The van der Waals surface area contributed by atoms with E-state index >= 15 is 0 Å². The normalized spacial score (nSPS) is 15.7. The lowest BCUT2D eigenvalue weighted by Gasteiger charge is -2.35. The lowest BCUT2D eigenvalue weighted by molar-refractivity contribution is -0.360. The van der Waals surface area contributed by atoms with Gasteiger partial charge in [0.2, 0.25) is 0 Å². The molecule has 20 heteroatoms. The van der Waals surface area contributed by atoms with Crippen molar-refractivity contribution in [2.24, 2.45) is 0 Å². The van der Waals surface area contributed by atoms with E-state index in [9.17, 15) is 66.3 Å². The minimum absolute atomic E-state index is 0.440. The van der Waals surface area contributed by atoms with Crippen molar-refractivity contribution in [2.75, 3.05) is 19.8 Å². The Morgan fingerprint density at radius 2 is 1.03 bits per heavy atom. The van der Waals surface area contributed by atoms with Gasteiger partial charge in [0, 0.05) is 19.8 Å². The van der Waals surface area contributed by atoms with Crippen LogP contribution in [0.4, 0.5) is 61.5 Å². The maximum absolute atomic E-state index is 14.0. The number of esters is 1. The van der Waals surface area contributed by atoms with E-state index in [1.807, 2.05) is 0 Å². The Labute approximate surface area is 195 Å². The van der Waals surface area contributed by atoms with Crippen LogP contribution in [0.15, 0.2) is 0 Å². The van der Waals surface area contributed by atoms with E-state index < -0.39 is 89.2 Å². The monoisotopic (exact) mass is 586 g/mol. The summed E-state index contributed by atoms with van der Waals surface area (Å²) in [6, 6.07) is -1.59. The molecule has 0 heterocycles. The highest BCUT2D eigenvalue weighted by Gasteiger charge is 2.78. The van der Waals surface area contributed by atoms with Crippen LogP contribution in [0, 0.1) is 0 Å². The van der Waals surface area contributed by atoms with Crippen molar-refractivity contribution in [1.82, 2.24) is 0 Å². The summed E-state index contributed by atoms with van der Waals surface area (Å²) in [7, 11) is -4.56. The van der Waals surface area contributed by atoms with Crippen LogP contribution in [-0.4, -0.2) is 76.7 Å². The molecule has 0 aromatic carbocycles. The smallest absolute Gasteiger partial charge is 0.458 e. The maximum atomic E-state index is 14.0. The molecule has 0 aliphatic carbocycles. The zero-order valence-electron chi connectivity index (χ0n) is 18.4. The molecule has 0 aromatic rings. The summed E-state index contributed by atoms with van der Waals surface area (Å²) in [5.74, 6) is -30.9. The van der Waals surface area contributed by atoms with Crippen LogP contribution < -0.4 is 0 Å². The second-order valence-electron chi connectivity index (χ2n) is 6.84. The van der Waals surface area contributed by atoms with Gasteiger partial charge in [-0.1, -0.05) is 0 Å². The molecule has 0 amide bonds. The van der Waals surface area contributed by atoms with Gasteiger partial charge in [-0.2, -0.15) is 61.5 Å². The van der Waals surface area contributed by atoms with Gasteiger partial charge in [-0.15, -0.1) is 0 Å². The van der Waals surface area contributed by atoms with Gasteiger partial charge in [-0.25, -0.2) is 4.79 Å². The Kier molecular flexibility index (Phi) is 11.1. The number of ether oxygens (including phenoxy) is 1. The first-order valence-electron chi connectivity index (χ1n) is 9.66. The average molecular weight is 586 g/mol. The van der Waals surface area contributed by atoms with Gasteiger partial charge in [0.25, 0.3) is 0 Å². The van der Waals surface area contributed by atoms with Crippen LogP contribution in [0.3, 0.4) is 0 Å². The van der Waals surface area contributed by atoms with Gasteiger partial charge < -0.3 is 18.0 Å². The number of alkyl halides is 14. The highest BCUT2D eigenvalue weighted by Crippen LogP contribution is 2.50. The van der Waals surface area contributed by atoms with Crippen molar-refractivity contribution < 1.29 is 84.3 Å². The lowest BCUT2D eigenvalue weighted by Crippen LogP contribution is -2.59. The number of hydrogen-bond donors (Lipinski definition) is 0. The molecule has 0 spiro atoms. The lowest BCUT2D eigenvalue weighted by atomic mass is 10.0.